The Bertz CT molecular complexity index is 996. The molecule has 0 unspecified atom stereocenters. The van der Waals surface area contributed by atoms with Gasteiger partial charge in [0.25, 0.3) is 11.5 Å². The molecule has 3 aromatic rings. The number of aromatic hydroxyl groups is 1. The molecule has 0 saturated heterocycles. The predicted molar refractivity (Wildman–Crippen MR) is 92.9 cm³/mol. The van der Waals surface area contributed by atoms with Crippen molar-refractivity contribution in [2.75, 3.05) is 12.4 Å². The topological polar surface area (TPSA) is 106 Å². The molecule has 0 radical (unpaired) electrons. The van der Waals surface area contributed by atoms with Crippen molar-refractivity contribution in [1.29, 1.82) is 0 Å². The number of methoxy groups -OCH3 is 1. The first-order valence-electron chi connectivity index (χ1n) is 7.20. The highest BCUT2D eigenvalue weighted by atomic mass is 32.1. The van der Waals surface area contributed by atoms with Crippen LogP contribution in [0.15, 0.2) is 41.3 Å². The summed E-state index contributed by atoms with van der Waals surface area (Å²) >= 11 is 1.29. The fourth-order valence-electron chi connectivity index (χ4n) is 2.15. The number of para-hydroxylation sites is 2. The van der Waals surface area contributed by atoms with E-state index >= 15 is 0 Å². The number of hydrogen-bond donors (Lipinski definition) is 2. The molecule has 1 amide bonds. The Morgan fingerprint density at radius 1 is 1.36 bits per heavy atom. The zero-order valence-electron chi connectivity index (χ0n) is 13.4. The summed E-state index contributed by atoms with van der Waals surface area (Å²) < 4.78 is 6.21. The van der Waals surface area contributed by atoms with E-state index in [-0.39, 0.29) is 5.69 Å². The van der Waals surface area contributed by atoms with Gasteiger partial charge in [0.05, 0.1) is 7.11 Å². The molecular formula is C16H14N4O4S. The lowest BCUT2D eigenvalue weighted by molar-refractivity contribution is 0.101. The highest BCUT2D eigenvalue weighted by Crippen LogP contribution is 2.22. The van der Waals surface area contributed by atoms with Crippen LogP contribution in [0.4, 0.5) is 5.13 Å². The third-order valence-corrected chi connectivity index (χ3v) is 4.11. The number of nitrogens with zero attached hydrogens (tertiary/aromatic N) is 3. The molecule has 2 heterocycles. The Labute approximate surface area is 146 Å². The molecule has 128 valence electrons. The number of ether oxygens (including phenoxy) is 1. The number of amides is 1. The number of nitrogens with one attached hydrogen (secondary N) is 1. The van der Waals surface area contributed by atoms with Gasteiger partial charge in [-0.2, -0.15) is 9.78 Å². The second-order valence-corrected chi connectivity index (χ2v) is 6.27. The van der Waals surface area contributed by atoms with Crippen molar-refractivity contribution in [3.63, 3.8) is 0 Å². The highest BCUT2D eigenvalue weighted by molar-refractivity contribution is 7.15. The van der Waals surface area contributed by atoms with E-state index in [0.29, 0.717) is 16.6 Å². The first-order valence-corrected chi connectivity index (χ1v) is 8.01. The molecule has 2 N–H and O–H groups in total. The van der Waals surface area contributed by atoms with E-state index in [1.165, 1.54) is 18.4 Å². The first kappa shape index (κ1) is 16.7. The molecule has 1 aromatic carbocycles. The van der Waals surface area contributed by atoms with E-state index in [2.05, 4.69) is 15.4 Å². The van der Waals surface area contributed by atoms with Gasteiger partial charge in [-0.1, -0.05) is 12.1 Å². The zero-order chi connectivity index (χ0) is 18.0. The van der Waals surface area contributed by atoms with Crippen molar-refractivity contribution in [2.24, 2.45) is 0 Å². The molecule has 3 rings (SSSR count). The van der Waals surface area contributed by atoms with Crippen LogP contribution in [0.1, 0.15) is 15.4 Å². The molecule has 8 nitrogen and oxygen atoms in total. The fraction of sp³-hybridized carbons (Fsp3) is 0.125. The Hall–Kier alpha value is -3.20. The number of carbonyl (C=O) groups excluding carboxylic acids is 1. The molecule has 0 fully saturated rings. The number of rotatable bonds is 4. The summed E-state index contributed by atoms with van der Waals surface area (Å²) in [7, 11) is 1.46. The van der Waals surface area contributed by atoms with Crippen molar-refractivity contribution in [3.05, 3.63) is 57.5 Å². The minimum absolute atomic E-state index is 0.293. The van der Waals surface area contributed by atoms with Gasteiger partial charge in [0.2, 0.25) is 0 Å². The third-order valence-electron chi connectivity index (χ3n) is 3.28. The third kappa shape index (κ3) is 3.36. The van der Waals surface area contributed by atoms with Crippen LogP contribution in [0.3, 0.4) is 0 Å². The standard InChI is InChI=1S/C16H14N4O4S/c1-9-8-17-16(25-9)18-15(23)14-11(21)7-13(22)20(19-14)10-5-3-4-6-12(10)24-2/h3-8,21H,1-2H3,(H,17,18,23). The largest absolute Gasteiger partial charge is 0.505 e. The average Bonchev–Trinajstić information content (AvgIpc) is 2.99. The van der Waals surface area contributed by atoms with Gasteiger partial charge in [0.1, 0.15) is 11.4 Å². The second-order valence-electron chi connectivity index (χ2n) is 5.03. The smallest absolute Gasteiger partial charge is 0.281 e. The Morgan fingerprint density at radius 2 is 2.12 bits per heavy atom. The van der Waals surface area contributed by atoms with Crippen LogP contribution in [-0.2, 0) is 0 Å². The number of benzene rings is 1. The monoisotopic (exact) mass is 358 g/mol. The lowest BCUT2D eigenvalue weighted by Crippen LogP contribution is -2.25. The molecule has 2 aromatic heterocycles. The van der Waals surface area contributed by atoms with Crippen LogP contribution in [0.25, 0.3) is 5.69 Å². The molecule has 0 saturated carbocycles. The number of thiazole rings is 1. The van der Waals surface area contributed by atoms with Gasteiger partial charge in [0.15, 0.2) is 16.6 Å². The van der Waals surface area contributed by atoms with Crippen LogP contribution in [0.5, 0.6) is 11.5 Å². The molecule has 0 aliphatic rings. The van der Waals surface area contributed by atoms with Crippen LogP contribution < -0.4 is 15.6 Å². The van der Waals surface area contributed by atoms with Crippen LogP contribution in [0.2, 0.25) is 0 Å². The highest BCUT2D eigenvalue weighted by Gasteiger charge is 2.19. The van der Waals surface area contributed by atoms with E-state index in [1.54, 1.807) is 30.5 Å². The van der Waals surface area contributed by atoms with Crippen LogP contribution >= 0.6 is 11.3 Å². The molecule has 0 aliphatic heterocycles. The molecule has 9 heteroatoms. The lowest BCUT2D eigenvalue weighted by Gasteiger charge is -2.11. The number of hydrogen-bond acceptors (Lipinski definition) is 7. The van der Waals surface area contributed by atoms with E-state index < -0.39 is 17.2 Å². The molecule has 0 spiro atoms. The molecule has 0 bridgehead atoms. The minimum Gasteiger partial charge on any atom is -0.505 e. The van der Waals surface area contributed by atoms with E-state index in [0.717, 1.165) is 15.6 Å². The number of anilines is 1. The summed E-state index contributed by atoms with van der Waals surface area (Å²) in [5, 5.41) is 16.9. The van der Waals surface area contributed by atoms with Crippen molar-refractivity contribution >= 4 is 22.4 Å². The summed E-state index contributed by atoms with van der Waals surface area (Å²) in [6, 6.07) is 7.66. The normalized spacial score (nSPS) is 10.5. The zero-order valence-corrected chi connectivity index (χ0v) is 14.2. The van der Waals surface area contributed by atoms with Gasteiger partial charge in [-0.05, 0) is 19.1 Å². The molecule has 25 heavy (non-hydrogen) atoms. The summed E-state index contributed by atoms with van der Waals surface area (Å²) in [6.07, 6.45) is 1.61. The van der Waals surface area contributed by atoms with Crippen LogP contribution in [0, 0.1) is 6.92 Å². The maximum atomic E-state index is 12.4. The molecular weight excluding hydrogens is 344 g/mol. The lowest BCUT2D eigenvalue weighted by atomic mass is 10.3. The summed E-state index contributed by atoms with van der Waals surface area (Å²) in [4.78, 5) is 29.5. The predicted octanol–water partition coefficient (Wildman–Crippen LogP) is 1.96. The molecule has 0 aliphatic carbocycles. The fourth-order valence-corrected chi connectivity index (χ4v) is 2.81. The van der Waals surface area contributed by atoms with Crippen LogP contribution in [-0.4, -0.2) is 32.9 Å². The van der Waals surface area contributed by atoms with Gasteiger partial charge in [-0.3, -0.25) is 14.9 Å². The Kier molecular flexibility index (Phi) is 4.48. The number of carbonyl (C=O) groups is 1. The molecule has 0 atom stereocenters. The second kappa shape index (κ2) is 6.73. The quantitative estimate of drug-likeness (QED) is 0.738. The maximum absolute atomic E-state index is 12.4. The van der Waals surface area contributed by atoms with Gasteiger partial charge < -0.3 is 9.84 Å². The van der Waals surface area contributed by atoms with Gasteiger partial charge in [0, 0.05) is 17.1 Å². The van der Waals surface area contributed by atoms with Gasteiger partial charge >= 0.3 is 0 Å². The van der Waals surface area contributed by atoms with Gasteiger partial charge in [-0.15, -0.1) is 11.3 Å². The van der Waals surface area contributed by atoms with E-state index in [4.69, 9.17) is 4.74 Å². The van der Waals surface area contributed by atoms with E-state index in [9.17, 15) is 14.7 Å². The number of aromatic nitrogens is 3. The van der Waals surface area contributed by atoms with Crippen molar-refractivity contribution in [3.8, 4) is 17.2 Å². The SMILES string of the molecule is COc1ccccc1-n1nc(C(=O)Nc2ncc(C)s2)c(O)cc1=O. The first-order chi connectivity index (χ1) is 12.0. The van der Waals surface area contributed by atoms with Crippen molar-refractivity contribution in [2.45, 2.75) is 6.92 Å². The minimum atomic E-state index is -0.671. The Balaban J connectivity index is 2.04. The van der Waals surface area contributed by atoms with Gasteiger partial charge in [-0.25, -0.2) is 4.98 Å². The summed E-state index contributed by atoms with van der Waals surface area (Å²) in [5.74, 6) is -0.776. The van der Waals surface area contributed by atoms with Crippen molar-refractivity contribution < 1.29 is 14.6 Å². The summed E-state index contributed by atoms with van der Waals surface area (Å²) in [6.45, 7) is 1.85. The Morgan fingerprint density at radius 3 is 2.80 bits per heavy atom. The average molecular weight is 358 g/mol. The van der Waals surface area contributed by atoms with E-state index in [1.807, 2.05) is 6.92 Å². The summed E-state index contributed by atoms with van der Waals surface area (Å²) in [5.41, 5.74) is -0.531. The van der Waals surface area contributed by atoms with Crippen molar-refractivity contribution in [1.82, 2.24) is 14.8 Å². The maximum Gasteiger partial charge on any atom is 0.281 e. The number of aryl methyl sites for hydroxylation is 1.